The number of thiophene rings is 1. The van der Waals surface area contributed by atoms with E-state index in [1.54, 1.807) is 6.92 Å². The SMILES string of the molecule is C/C=C(/F)c1sc(N)c(C#N)c1/C(=C(\C)CC)c1c2c(c3cnc(N4CC[C@H](C)C4)nc3c1P)COC2.CC.CCCCC1CCCO1. The molecule has 3 aromatic rings. The minimum absolute atomic E-state index is 0.311. The Morgan fingerprint density at radius 2 is 1.98 bits per heavy atom. The molecule has 2 unspecified atom stereocenters. The number of halogens is 1. The van der Waals surface area contributed by atoms with Gasteiger partial charge in [0, 0.05) is 42.1 Å². The number of anilines is 2. The molecule has 0 amide bonds. The number of hydrogen-bond donors (Lipinski definition) is 1. The maximum Gasteiger partial charge on any atom is 0.225 e. The van der Waals surface area contributed by atoms with Crippen LogP contribution in [0.5, 0.6) is 0 Å². The summed E-state index contributed by atoms with van der Waals surface area (Å²) in [6.45, 7) is 18.0. The van der Waals surface area contributed by atoms with Crippen LogP contribution in [0.4, 0.5) is 15.3 Å². The smallest absolute Gasteiger partial charge is 0.225 e. The Morgan fingerprint density at radius 1 is 1.23 bits per heavy atom. The Hall–Kier alpha value is -2.89. The summed E-state index contributed by atoms with van der Waals surface area (Å²) < 4.78 is 26.6. The Morgan fingerprint density at radius 3 is 2.58 bits per heavy atom. The summed E-state index contributed by atoms with van der Waals surface area (Å²) in [5, 5.41) is 12.3. The van der Waals surface area contributed by atoms with Crippen LogP contribution in [0.25, 0.3) is 22.3 Å². The van der Waals surface area contributed by atoms with E-state index in [-0.39, 0.29) is 5.83 Å². The molecule has 2 aromatic heterocycles. The van der Waals surface area contributed by atoms with Crippen LogP contribution < -0.4 is 15.9 Å². The van der Waals surface area contributed by atoms with Crippen molar-refractivity contribution in [3.63, 3.8) is 0 Å². The number of aromatic nitrogens is 2. The zero-order valence-electron chi connectivity index (χ0n) is 29.8. The van der Waals surface area contributed by atoms with Gasteiger partial charge < -0.3 is 20.1 Å². The van der Waals surface area contributed by atoms with Gasteiger partial charge in [0.25, 0.3) is 0 Å². The largest absolute Gasteiger partial charge is 0.389 e. The zero-order valence-corrected chi connectivity index (χ0v) is 31.8. The molecule has 48 heavy (non-hydrogen) atoms. The molecule has 260 valence electrons. The molecule has 0 aliphatic carbocycles. The molecule has 2 saturated heterocycles. The van der Waals surface area contributed by atoms with E-state index >= 15 is 4.39 Å². The highest BCUT2D eigenvalue weighted by Gasteiger charge is 2.31. The first-order valence-corrected chi connectivity index (χ1v) is 19.0. The van der Waals surface area contributed by atoms with E-state index in [0.717, 1.165) is 93.9 Å². The Bertz CT molecular complexity index is 1690. The van der Waals surface area contributed by atoms with Crippen molar-refractivity contribution < 1.29 is 13.9 Å². The van der Waals surface area contributed by atoms with Crippen LogP contribution in [0.2, 0.25) is 0 Å². The average Bonchev–Trinajstić information content (AvgIpc) is 3.94. The summed E-state index contributed by atoms with van der Waals surface area (Å²) in [4.78, 5) is 12.4. The molecule has 5 heterocycles. The van der Waals surface area contributed by atoms with Gasteiger partial charge in [-0.15, -0.1) is 20.6 Å². The van der Waals surface area contributed by atoms with Crippen molar-refractivity contribution >= 4 is 59.1 Å². The molecule has 0 spiro atoms. The van der Waals surface area contributed by atoms with Crippen LogP contribution in [0.3, 0.4) is 0 Å². The second-order valence-corrected chi connectivity index (χ2v) is 14.2. The Balaban J connectivity index is 0.000000406. The van der Waals surface area contributed by atoms with Crippen molar-refractivity contribution in [3.8, 4) is 6.07 Å². The molecular formula is C38H53FN5O2PS. The number of allylic oxidation sites excluding steroid dienone is 2. The highest BCUT2D eigenvalue weighted by Crippen LogP contribution is 2.46. The Labute approximate surface area is 293 Å². The summed E-state index contributed by atoms with van der Waals surface area (Å²) in [7, 11) is 2.88. The first kappa shape index (κ1) is 37.9. The summed E-state index contributed by atoms with van der Waals surface area (Å²) in [5.41, 5.74) is 12.9. The molecule has 1 aromatic carbocycles. The molecule has 10 heteroatoms. The van der Waals surface area contributed by atoms with Crippen molar-refractivity contribution in [1.82, 2.24) is 9.97 Å². The molecule has 2 N–H and O–H groups in total. The average molecular weight is 694 g/mol. The number of nitriles is 1. The summed E-state index contributed by atoms with van der Waals surface area (Å²) in [6, 6.07) is 2.25. The second-order valence-electron chi connectivity index (χ2n) is 12.6. The van der Waals surface area contributed by atoms with E-state index in [1.165, 1.54) is 38.2 Å². The van der Waals surface area contributed by atoms with E-state index in [0.29, 0.717) is 46.2 Å². The second kappa shape index (κ2) is 17.7. The highest BCUT2D eigenvalue weighted by molar-refractivity contribution is 7.28. The molecule has 7 nitrogen and oxygen atoms in total. The van der Waals surface area contributed by atoms with Crippen LogP contribution in [-0.2, 0) is 22.7 Å². The van der Waals surface area contributed by atoms with Gasteiger partial charge in [0.1, 0.15) is 16.9 Å². The molecule has 0 radical (unpaired) electrons. The van der Waals surface area contributed by atoms with Crippen LogP contribution in [-0.4, -0.2) is 35.8 Å². The number of benzene rings is 1. The molecular weight excluding hydrogens is 640 g/mol. The fourth-order valence-electron chi connectivity index (χ4n) is 6.66. The molecule has 3 aliphatic rings. The zero-order chi connectivity index (χ0) is 35.0. The molecule has 2 fully saturated rings. The lowest BCUT2D eigenvalue weighted by atomic mass is 9.85. The number of hydrogen-bond acceptors (Lipinski definition) is 8. The topological polar surface area (TPSA) is 97.3 Å². The molecule has 3 atom stereocenters. The van der Waals surface area contributed by atoms with Crippen LogP contribution in [0, 0.1) is 17.2 Å². The van der Waals surface area contributed by atoms with Gasteiger partial charge in [-0.2, -0.15) is 5.26 Å². The molecule has 0 saturated carbocycles. The fourth-order valence-corrected chi connectivity index (χ4v) is 8.19. The normalized spacial score (nSPS) is 19.3. The van der Waals surface area contributed by atoms with E-state index in [4.69, 9.17) is 25.2 Å². The lowest BCUT2D eigenvalue weighted by molar-refractivity contribution is 0.102. The van der Waals surface area contributed by atoms with Crippen molar-refractivity contribution in [3.05, 3.63) is 50.5 Å². The van der Waals surface area contributed by atoms with E-state index in [2.05, 4.69) is 41.0 Å². The predicted molar refractivity (Wildman–Crippen MR) is 203 cm³/mol. The Kier molecular flexibility index (Phi) is 14.0. The summed E-state index contributed by atoms with van der Waals surface area (Å²) in [5.74, 6) is 0.941. The molecule has 3 aliphatic heterocycles. The number of ether oxygens (including phenoxy) is 2. The summed E-state index contributed by atoms with van der Waals surface area (Å²) in [6.07, 6.45) is 12.3. The number of rotatable bonds is 8. The maximum absolute atomic E-state index is 15.2. The van der Waals surface area contributed by atoms with Gasteiger partial charge in [0.05, 0.1) is 35.3 Å². The summed E-state index contributed by atoms with van der Waals surface area (Å²) >= 11 is 1.12. The third kappa shape index (κ3) is 7.94. The van der Waals surface area contributed by atoms with Gasteiger partial charge >= 0.3 is 0 Å². The van der Waals surface area contributed by atoms with E-state index in [9.17, 15) is 5.26 Å². The first-order chi connectivity index (χ1) is 23.2. The number of nitrogens with two attached hydrogens (primary N) is 1. The standard InChI is InChI=1S/C28H31FN5OPS.C8H16O.C2H6/c1-5-15(4)21(23-16(9-30)27(31)37-26(23)20(29)6-2)22-19-13-35-12-18(19)17-10-32-28(33-24(17)25(22)36)34-8-7-14(3)11-34;1-2-3-5-8-6-4-7-9-8;1-2/h6,10,14H,5,7-8,11-13,31,36H2,1-4H3;8H,2-7H2,1H3;1-2H3/b20-6+,21-15+;;/t14-;;/m0../s1. The number of nitrogen functional groups attached to an aromatic ring is 1. The van der Waals surface area contributed by atoms with Gasteiger partial charge in [-0.1, -0.05) is 59.1 Å². The van der Waals surface area contributed by atoms with Gasteiger partial charge in [-0.3, -0.25) is 0 Å². The van der Waals surface area contributed by atoms with Crippen LogP contribution >= 0.6 is 20.6 Å². The van der Waals surface area contributed by atoms with Gasteiger partial charge in [-0.25, -0.2) is 14.4 Å². The predicted octanol–water partition coefficient (Wildman–Crippen LogP) is 9.47. The molecule has 6 rings (SSSR count). The third-order valence-electron chi connectivity index (χ3n) is 9.37. The quantitative estimate of drug-likeness (QED) is 0.235. The number of unbranched alkanes of at least 4 members (excludes halogenated alkanes) is 1. The first-order valence-electron chi connectivity index (χ1n) is 17.6. The van der Waals surface area contributed by atoms with Crippen molar-refractivity contribution in [2.24, 2.45) is 5.92 Å². The monoisotopic (exact) mass is 693 g/mol. The maximum atomic E-state index is 15.2. The van der Waals surface area contributed by atoms with Gasteiger partial charge in [0.15, 0.2) is 0 Å². The number of nitrogens with zero attached hydrogens (tertiary/aromatic N) is 4. The van der Waals surface area contributed by atoms with Crippen molar-refractivity contribution in [2.75, 3.05) is 30.3 Å². The lowest BCUT2D eigenvalue weighted by Crippen LogP contribution is -2.22. The fraction of sp³-hybridized carbons (Fsp3) is 0.553. The number of fused-ring (bicyclic) bond motifs is 3. The lowest BCUT2D eigenvalue weighted by Gasteiger charge is -2.22. The van der Waals surface area contributed by atoms with Crippen molar-refractivity contribution in [1.29, 1.82) is 5.26 Å². The van der Waals surface area contributed by atoms with Crippen molar-refractivity contribution in [2.45, 2.75) is 113 Å². The minimum Gasteiger partial charge on any atom is -0.389 e. The minimum atomic E-state index is -0.388. The van der Waals surface area contributed by atoms with E-state index < -0.39 is 0 Å². The van der Waals surface area contributed by atoms with Crippen LogP contribution in [0.1, 0.15) is 126 Å². The highest BCUT2D eigenvalue weighted by atomic mass is 32.1. The van der Waals surface area contributed by atoms with Gasteiger partial charge in [0.2, 0.25) is 5.95 Å². The van der Waals surface area contributed by atoms with E-state index in [1.807, 2.05) is 27.0 Å². The van der Waals surface area contributed by atoms with Gasteiger partial charge in [-0.05, 0) is 74.1 Å². The third-order valence-corrected chi connectivity index (χ3v) is 11.0. The van der Waals surface area contributed by atoms with Crippen LogP contribution in [0.15, 0.2) is 17.8 Å². The molecule has 0 bridgehead atoms.